The molecule has 1 aliphatic rings. The summed E-state index contributed by atoms with van der Waals surface area (Å²) in [5.41, 5.74) is 3.12. The first-order valence-electron chi connectivity index (χ1n) is 5.31. The zero-order valence-electron chi connectivity index (χ0n) is 9.21. The van der Waals surface area contributed by atoms with Crippen LogP contribution in [0.5, 0.6) is 5.75 Å². The van der Waals surface area contributed by atoms with Crippen molar-refractivity contribution in [1.29, 1.82) is 0 Å². The smallest absolute Gasteiger partial charge is 0.119 e. The summed E-state index contributed by atoms with van der Waals surface area (Å²) in [6.45, 7) is 6.40. The van der Waals surface area contributed by atoms with E-state index in [9.17, 15) is 5.11 Å². The Morgan fingerprint density at radius 3 is 2.80 bits per heavy atom. The first-order chi connectivity index (χ1) is 7.18. The summed E-state index contributed by atoms with van der Waals surface area (Å²) in [5.74, 6) is 0.360. The summed E-state index contributed by atoms with van der Waals surface area (Å²) < 4.78 is 5.64. The van der Waals surface area contributed by atoms with Crippen LogP contribution in [0.1, 0.15) is 22.8 Å². The fourth-order valence-corrected chi connectivity index (χ4v) is 1.83. The number of hydrogen-bond acceptors (Lipinski definition) is 3. The molecule has 0 aromatic heterocycles. The van der Waals surface area contributed by atoms with Crippen LogP contribution in [0.3, 0.4) is 0 Å². The lowest BCUT2D eigenvalue weighted by molar-refractivity contribution is 0.0275. The maximum atomic E-state index is 9.74. The van der Waals surface area contributed by atoms with E-state index in [0.717, 1.165) is 36.4 Å². The minimum atomic E-state index is 0.0731. The second-order valence-corrected chi connectivity index (χ2v) is 4.05. The van der Waals surface area contributed by atoms with Gasteiger partial charge in [-0.3, -0.25) is 0 Å². The summed E-state index contributed by atoms with van der Waals surface area (Å²) >= 11 is 0. The van der Waals surface area contributed by atoms with E-state index < -0.39 is 0 Å². The van der Waals surface area contributed by atoms with Crippen molar-refractivity contribution in [2.24, 2.45) is 0 Å². The number of aryl methyl sites for hydroxylation is 1. The molecule has 0 bridgehead atoms. The molecule has 15 heavy (non-hydrogen) atoms. The fourth-order valence-electron chi connectivity index (χ4n) is 1.83. The molecule has 1 heterocycles. The fraction of sp³-hybridized carbons (Fsp3) is 0.500. The van der Waals surface area contributed by atoms with Crippen molar-refractivity contribution in [3.63, 3.8) is 0 Å². The average Bonchev–Trinajstić information content (AvgIpc) is 2.26. The van der Waals surface area contributed by atoms with Gasteiger partial charge < -0.3 is 15.2 Å². The van der Waals surface area contributed by atoms with Gasteiger partial charge >= 0.3 is 0 Å². The number of morpholine rings is 1. The number of hydrogen-bond donors (Lipinski definition) is 2. The number of rotatable bonds is 1. The molecule has 0 spiro atoms. The van der Waals surface area contributed by atoms with Crippen molar-refractivity contribution in [1.82, 2.24) is 5.32 Å². The highest BCUT2D eigenvalue weighted by Gasteiger charge is 2.17. The molecule has 3 nitrogen and oxygen atoms in total. The number of phenolic OH excluding ortho intramolecular Hbond substituents is 1. The molecule has 0 saturated carbocycles. The van der Waals surface area contributed by atoms with Crippen molar-refractivity contribution in [2.45, 2.75) is 20.0 Å². The third-order valence-corrected chi connectivity index (χ3v) is 2.96. The van der Waals surface area contributed by atoms with E-state index in [2.05, 4.69) is 11.4 Å². The number of ether oxygens (including phenoxy) is 1. The van der Waals surface area contributed by atoms with Gasteiger partial charge in [0.1, 0.15) is 5.75 Å². The highest BCUT2D eigenvalue weighted by molar-refractivity contribution is 5.42. The molecule has 1 unspecified atom stereocenters. The molecule has 1 aliphatic heterocycles. The Balaban J connectivity index is 2.27. The second-order valence-electron chi connectivity index (χ2n) is 4.05. The van der Waals surface area contributed by atoms with Crippen LogP contribution in [0, 0.1) is 13.8 Å². The molecular weight excluding hydrogens is 190 g/mol. The van der Waals surface area contributed by atoms with Crippen molar-refractivity contribution < 1.29 is 9.84 Å². The van der Waals surface area contributed by atoms with E-state index in [4.69, 9.17) is 4.74 Å². The average molecular weight is 207 g/mol. The van der Waals surface area contributed by atoms with Gasteiger partial charge in [-0.15, -0.1) is 0 Å². The van der Waals surface area contributed by atoms with Gasteiger partial charge in [-0.05, 0) is 36.6 Å². The summed E-state index contributed by atoms with van der Waals surface area (Å²) in [6.07, 6.45) is 0.0731. The quantitative estimate of drug-likeness (QED) is 0.736. The van der Waals surface area contributed by atoms with Crippen LogP contribution in [-0.2, 0) is 4.74 Å². The molecule has 2 rings (SSSR count). The minimum absolute atomic E-state index is 0.0731. The zero-order chi connectivity index (χ0) is 10.8. The number of nitrogens with one attached hydrogen (secondary N) is 1. The highest BCUT2D eigenvalue weighted by Crippen LogP contribution is 2.27. The van der Waals surface area contributed by atoms with E-state index in [-0.39, 0.29) is 6.10 Å². The van der Waals surface area contributed by atoms with E-state index in [0.29, 0.717) is 5.75 Å². The maximum Gasteiger partial charge on any atom is 0.119 e. The zero-order valence-corrected chi connectivity index (χ0v) is 9.21. The maximum absolute atomic E-state index is 9.74. The van der Waals surface area contributed by atoms with Crippen LogP contribution in [0.15, 0.2) is 12.1 Å². The summed E-state index contributed by atoms with van der Waals surface area (Å²) in [4.78, 5) is 0. The Bertz CT molecular complexity index is 334. The van der Waals surface area contributed by atoms with Crippen LogP contribution in [-0.4, -0.2) is 24.8 Å². The molecule has 1 aromatic carbocycles. The summed E-state index contributed by atoms with van der Waals surface area (Å²) in [7, 11) is 0. The van der Waals surface area contributed by atoms with E-state index in [1.165, 1.54) is 0 Å². The van der Waals surface area contributed by atoms with Gasteiger partial charge in [0.2, 0.25) is 0 Å². The molecular formula is C12H17NO2. The normalized spacial score (nSPS) is 21.6. The van der Waals surface area contributed by atoms with Gasteiger partial charge in [0.05, 0.1) is 12.7 Å². The lowest BCUT2D eigenvalue weighted by atomic mass is 10.0. The minimum Gasteiger partial charge on any atom is -0.508 e. The third-order valence-electron chi connectivity index (χ3n) is 2.96. The SMILES string of the molecule is Cc1cc(C2CNCCO2)cc(O)c1C. The van der Waals surface area contributed by atoms with Crippen molar-refractivity contribution >= 4 is 0 Å². The second kappa shape index (κ2) is 4.21. The van der Waals surface area contributed by atoms with Crippen LogP contribution in [0.2, 0.25) is 0 Å². The topological polar surface area (TPSA) is 41.5 Å². The monoisotopic (exact) mass is 207 g/mol. The molecule has 82 valence electrons. The predicted octanol–water partition coefficient (Wildman–Crippen LogP) is 1.67. The van der Waals surface area contributed by atoms with Gasteiger partial charge in [0, 0.05) is 13.1 Å². The molecule has 1 fully saturated rings. The molecule has 2 N–H and O–H groups in total. The van der Waals surface area contributed by atoms with Crippen molar-refractivity contribution in [2.75, 3.05) is 19.7 Å². The molecule has 1 atom stereocenters. The van der Waals surface area contributed by atoms with Crippen LogP contribution >= 0.6 is 0 Å². The number of phenols is 1. The summed E-state index contributed by atoms with van der Waals surface area (Å²) in [5, 5.41) is 13.0. The van der Waals surface area contributed by atoms with Crippen LogP contribution in [0.25, 0.3) is 0 Å². The van der Waals surface area contributed by atoms with Crippen LogP contribution in [0.4, 0.5) is 0 Å². The first-order valence-corrected chi connectivity index (χ1v) is 5.31. The van der Waals surface area contributed by atoms with Gasteiger partial charge in [0.15, 0.2) is 0 Å². The lowest BCUT2D eigenvalue weighted by Crippen LogP contribution is -2.33. The Labute approximate surface area is 90.1 Å². The van der Waals surface area contributed by atoms with E-state index >= 15 is 0 Å². The Morgan fingerprint density at radius 2 is 2.20 bits per heavy atom. The largest absolute Gasteiger partial charge is 0.508 e. The Hall–Kier alpha value is -1.06. The molecule has 0 aliphatic carbocycles. The van der Waals surface area contributed by atoms with Gasteiger partial charge in [-0.25, -0.2) is 0 Å². The lowest BCUT2D eigenvalue weighted by Gasteiger charge is -2.24. The van der Waals surface area contributed by atoms with Gasteiger partial charge in [0.25, 0.3) is 0 Å². The van der Waals surface area contributed by atoms with E-state index in [1.807, 2.05) is 13.8 Å². The van der Waals surface area contributed by atoms with E-state index in [1.54, 1.807) is 6.07 Å². The van der Waals surface area contributed by atoms with Crippen molar-refractivity contribution in [3.8, 4) is 5.75 Å². The standard InChI is InChI=1S/C12H17NO2/c1-8-5-10(6-11(14)9(8)2)12-7-13-3-4-15-12/h5-6,12-14H,3-4,7H2,1-2H3. The van der Waals surface area contributed by atoms with Crippen LogP contribution < -0.4 is 5.32 Å². The molecule has 0 amide bonds. The Kier molecular flexibility index (Phi) is 2.93. The van der Waals surface area contributed by atoms with Gasteiger partial charge in [-0.2, -0.15) is 0 Å². The molecule has 1 saturated heterocycles. The van der Waals surface area contributed by atoms with Gasteiger partial charge in [-0.1, -0.05) is 6.07 Å². The number of benzene rings is 1. The Morgan fingerprint density at radius 1 is 1.40 bits per heavy atom. The molecule has 1 aromatic rings. The molecule has 0 radical (unpaired) electrons. The molecule has 3 heteroatoms. The predicted molar refractivity (Wildman–Crippen MR) is 59.1 cm³/mol. The third kappa shape index (κ3) is 2.13. The summed E-state index contributed by atoms with van der Waals surface area (Å²) in [6, 6.07) is 3.90. The number of aromatic hydroxyl groups is 1. The highest BCUT2D eigenvalue weighted by atomic mass is 16.5. The first kappa shape index (κ1) is 10.5. The van der Waals surface area contributed by atoms with Crippen molar-refractivity contribution in [3.05, 3.63) is 28.8 Å².